The van der Waals surface area contributed by atoms with Gasteiger partial charge < -0.3 is 14.8 Å². The monoisotopic (exact) mass is 410 g/mol. The predicted molar refractivity (Wildman–Crippen MR) is 109 cm³/mol. The molecule has 0 amide bonds. The largest absolute Gasteiger partial charge is 0.486 e. The van der Waals surface area contributed by atoms with Gasteiger partial charge in [0.2, 0.25) is 0 Å². The van der Waals surface area contributed by atoms with Crippen molar-refractivity contribution in [3.05, 3.63) is 58.9 Å². The highest BCUT2D eigenvalue weighted by Gasteiger charge is 2.42. The Morgan fingerprint density at radius 2 is 2.13 bits per heavy atom. The number of hydrogen-bond acceptors (Lipinski definition) is 6. The number of pyridine rings is 1. The molecule has 2 aliphatic rings. The molecule has 8 heteroatoms. The van der Waals surface area contributed by atoms with E-state index >= 15 is 0 Å². The van der Waals surface area contributed by atoms with Gasteiger partial charge in [-0.05, 0) is 36.6 Å². The highest BCUT2D eigenvalue weighted by atomic mass is 19.3. The third-order valence-electron chi connectivity index (χ3n) is 5.45. The maximum Gasteiger partial charge on any atom is 0.310 e. The molecular formula is C22H20F2N4O2. The highest BCUT2D eigenvalue weighted by molar-refractivity contribution is 5.92. The van der Waals surface area contributed by atoms with Gasteiger partial charge in [-0.3, -0.25) is 4.98 Å². The average Bonchev–Trinajstić information content (AvgIpc) is 3.09. The van der Waals surface area contributed by atoms with Crippen molar-refractivity contribution < 1.29 is 18.3 Å². The van der Waals surface area contributed by atoms with Crippen LogP contribution in [0, 0.1) is 6.92 Å². The van der Waals surface area contributed by atoms with Gasteiger partial charge >= 0.3 is 5.92 Å². The standard InChI is InChI=1S/C22H20F2N4O2/c1-13-19-17(9-16(11-25-19)14-5-7-29-8-6-14)21(28-27-13)26-10-15-3-2-4-18-20(15)30-12-22(18,23)24/h2-5,9,11H,6-8,10,12H2,1H3,(H,26,28). The van der Waals surface area contributed by atoms with Gasteiger partial charge in [-0.15, -0.1) is 5.10 Å². The minimum absolute atomic E-state index is 0.0722. The van der Waals surface area contributed by atoms with Crippen molar-refractivity contribution in [3.63, 3.8) is 0 Å². The summed E-state index contributed by atoms with van der Waals surface area (Å²) in [5.74, 6) is -2.16. The number of aryl methyl sites for hydroxylation is 1. The lowest BCUT2D eigenvalue weighted by Gasteiger charge is -2.15. The normalized spacial score (nSPS) is 17.4. The van der Waals surface area contributed by atoms with E-state index in [-0.39, 0.29) is 17.9 Å². The minimum Gasteiger partial charge on any atom is -0.486 e. The van der Waals surface area contributed by atoms with E-state index in [0.717, 1.165) is 28.6 Å². The van der Waals surface area contributed by atoms with Crippen molar-refractivity contribution in [1.82, 2.24) is 15.2 Å². The molecule has 0 aliphatic carbocycles. The van der Waals surface area contributed by atoms with Crippen molar-refractivity contribution in [1.29, 1.82) is 0 Å². The second-order valence-corrected chi connectivity index (χ2v) is 7.45. The lowest BCUT2D eigenvalue weighted by molar-refractivity contribution is -0.0214. The van der Waals surface area contributed by atoms with Gasteiger partial charge in [-0.25, -0.2) is 0 Å². The van der Waals surface area contributed by atoms with Crippen LogP contribution in [0.4, 0.5) is 14.6 Å². The fourth-order valence-corrected chi connectivity index (χ4v) is 3.86. The number of para-hydroxylation sites is 1. The Morgan fingerprint density at radius 1 is 1.23 bits per heavy atom. The predicted octanol–water partition coefficient (Wildman–Crippen LogP) is 4.23. The molecule has 0 radical (unpaired) electrons. The van der Waals surface area contributed by atoms with Gasteiger partial charge in [0.1, 0.15) is 5.75 Å². The highest BCUT2D eigenvalue weighted by Crippen LogP contribution is 2.43. The van der Waals surface area contributed by atoms with Crippen LogP contribution in [0.1, 0.15) is 28.8 Å². The van der Waals surface area contributed by atoms with Crippen molar-refractivity contribution >= 4 is 22.3 Å². The van der Waals surface area contributed by atoms with Gasteiger partial charge in [0.25, 0.3) is 0 Å². The van der Waals surface area contributed by atoms with Crippen LogP contribution in [0.15, 0.2) is 36.5 Å². The van der Waals surface area contributed by atoms with Crippen LogP contribution in [0.5, 0.6) is 5.75 Å². The first-order chi connectivity index (χ1) is 14.5. The zero-order chi connectivity index (χ0) is 20.7. The van der Waals surface area contributed by atoms with E-state index < -0.39 is 12.5 Å². The van der Waals surface area contributed by atoms with Crippen LogP contribution >= 0.6 is 0 Å². The number of nitrogens with zero attached hydrogens (tertiary/aromatic N) is 3. The van der Waals surface area contributed by atoms with Gasteiger partial charge in [0, 0.05) is 23.7 Å². The van der Waals surface area contributed by atoms with Crippen molar-refractivity contribution in [2.45, 2.75) is 25.8 Å². The van der Waals surface area contributed by atoms with E-state index in [2.05, 4.69) is 26.6 Å². The SMILES string of the molecule is Cc1nnc(NCc2cccc3c2OCC3(F)F)c2cc(C3=CCOCC3)cnc12. The van der Waals surface area contributed by atoms with E-state index in [1.54, 1.807) is 12.1 Å². The molecule has 0 unspecified atom stereocenters. The summed E-state index contributed by atoms with van der Waals surface area (Å²) in [7, 11) is 0. The summed E-state index contributed by atoms with van der Waals surface area (Å²) >= 11 is 0. The Balaban J connectivity index is 1.49. The number of benzene rings is 1. The molecule has 2 aliphatic heterocycles. The fraction of sp³-hybridized carbons (Fsp3) is 0.318. The second-order valence-electron chi connectivity index (χ2n) is 7.45. The summed E-state index contributed by atoms with van der Waals surface area (Å²) in [4.78, 5) is 4.60. The summed E-state index contributed by atoms with van der Waals surface area (Å²) in [6.07, 6.45) is 4.73. The zero-order valence-corrected chi connectivity index (χ0v) is 16.4. The minimum atomic E-state index is -2.96. The number of rotatable bonds is 4. The maximum absolute atomic E-state index is 14.0. The number of nitrogens with one attached hydrogen (secondary N) is 1. The van der Waals surface area contributed by atoms with Crippen molar-refractivity contribution in [2.24, 2.45) is 0 Å². The van der Waals surface area contributed by atoms with Crippen molar-refractivity contribution in [3.8, 4) is 5.75 Å². The molecule has 0 atom stereocenters. The Hall–Kier alpha value is -3.13. The number of anilines is 1. The third kappa shape index (κ3) is 3.27. The van der Waals surface area contributed by atoms with Crippen LogP contribution in [0.3, 0.4) is 0 Å². The molecule has 0 fully saturated rings. The van der Waals surface area contributed by atoms with Gasteiger partial charge in [-0.1, -0.05) is 18.2 Å². The molecule has 154 valence electrons. The van der Waals surface area contributed by atoms with Gasteiger partial charge in [0.05, 0.1) is 30.0 Å². The van der Waals surface area contributed by atoms with E-state index in [1.165, 1.54) is 11.6 Å². The van der Waals surface area contributed by atoms with Gasteiger partial charge in [-0.2, -0.15) is 13.9 Å². The zero-order valence-electron chi connectivity index (χ0n) is 16.4. The lowest BCUT2D eigenvalue weighted by atomic mass is 10.0. The molecule has 5 rings (SSSR count). The quantitative estimate of drug-likeness (QED) is 0.694. The third-order valence-corrected chi connectivity index (χ3v) is 5.45. The summed E-state index contributed by atoms with van der Waals surface area (Å²) in [5.41, 5.74) is 4.27. The first-order valence-electron chi connectivity index (χ1n) is 9.80. The van der Waals surface area contributed by atoms with E-state index in [9.17, 15) is 8.78 Å². The number of ether oxygens (including phenoxy) is 2. The average molecular weight is 410 g/mol. The molecule has 2 aromatic heterocycles. The molecule has 0 saturated heterocycles. The van der Waals surface area contributed by atoms with E-state index in [0.29, 0.717) is 24.6 Å². The van der Waals surface area contributed by atoms with Crippen LogP contribution in [-0.4, -0.2) is 35.0 Å². The molecule has 0 bridgehead atoms. The topological polar surface area (TPSA) is 69.2 Å². The lowest BCUT2D eigenvalue weighted by Crippen LogP contribution is -2.14. The van der Waals surface area contributed by atoms with Crippen LogP contribution in [0.2, 0.25) is 0 Å². The summed E-state index contributed by atoms with van der Waals surface area (Å²) in [6.45, 7) is 2.80. The molecule has 6 nitrogen and oxygen atoms in total. The Bertz CT molecular complexity index is 1160. The van der Waals surface area contributed by atoms with Crippen molar-refractivity contribution in [2.75, 3.05) is 25.1 Å². The smallest absolute Gasteiger partial charge is 0.310 e. The number of fused-ring (bicyclic) bond motifs is 2. The summed E-state index contributed by atoms with van der Waals surface area (Å²) in [5, 5.41) is 12.6. The Morgan fingerprint density at radius 3 is 2.97 bits per heavy atom. The molecular weight excluding hydrogens is 390 g/mol. The molecule has 30 heavy (non-hydrogen) atoms. The first kappa shape index (κ1) is 18.9. The maximum atomic E-state index is 14.0. The van der Waals surface area contributed by atoms with E-state index in [4.69, 9.17) is 9.47 Å². The number of aromatic nitrogens is 3. The number of alkyl halides is 2. The summed E-state index contributed by atoms with van der Waals surface area (Å²) in [6, 6.07) is 6.84. The number of halogens is 2. The second kappa shape index (κ2) is 7.28. The molecule has 1 N–H and O–H groups in total. The van der Waals surface area contributed by atoms with Crippen LogP contribution in [-0.2, 0) is 17.2 Å². The first-order valence-corrected chi connectivity index (χ1v) is 9.80. The van der Waals surface area contributed by atoms with Crippen LogP contribution < -0.4 is 10.1 Å². The Kier molecular flexibility index (Phi) is 4.58. The Labute approximate surface area is 171 Å². The molecule has 4 heterocycles. The molecule has 0 saturated carbocycles. The summed E-state index contributed by atoms with van der Waals surface area (Å²) < 4.78 is 38.6. The molecule has 0 spiro atoms. The van der Waals surface area contributed by atoms with Crippen LogP contribution in [0.25, 0.3) is 16.5 Å². The molecule has 1 aromatic carbocycles. The van der Waals surface area contributed by atoms with Gasteiger partial charge in [0.15, 0.2) is 12.4 Å². The van der Waals surface area contributed by atoms with E-state index in [1.807, 2.05) is 19.2 Å². The fourth-order valence-electron chi connectivity index (χ4n) is 3.86. The molecule has 3 aromatic rings. The number of hydrogen-bond donors (Lipinski definition) is 1.